The van der Waals surface area contributed by atoms with Crippen molar-refractivity contribution in [2.24, 2.45) is 5.92 Å². The number of anilines is 1. The Morgan fingerprint density at radius 2 is 1.61 bits per heavy atom. The van der Waals surface area contributed by atoms with Crippen molar-refractivity contribution in [3.8, 4) is 21.8 Å². The Labute approximate surface area is 263 Å². The molecule has 3 heterocycles. The van der Waals surface area contributed by atoms with Gasteiger partial charge in [-0.05, 0) is 75.8 Å². The molecule has 2 amide bonds. The zero-order valence-electron chi connectivity index (χ0n) is 25.5. The van der Waals surface area contributed by atoms with E-state index in [0.29, 0.717) is 25.6 Å². The van der Waals surface area contributed by atoms with Crippen LogP contribution in [0.4, 0.5) is 15.1 Å². The first kappa shape index (κ1) is 30.6. The number of piperidine rings is 1. The number of halogens is 1. The Kier molecular flexibility index (Phi) is 9.84. The van der Waals surface area contributed by atoms with Gasteiger partial charge in [-0.15, -0.1) is 11.3 Å². The predicted molar refractivity (Wildman–Crippen MR) is 170 cm³/mol. The lowest BCUT2D eigenvalue weighted by atomic mass is 9.86. The van der Waals surface area contributed by atoms with E-state index >= 15 is 0 Å². The number of aromatic nitrogens is 3. The maximum atomic E-state index is 14.1. The van der Waals surface area contributed by atoms with Crippen molar-refractivity contribution in [2.45, 2.75) is 95.9 Å². The Bertz CT molecular complexity index is 1430. The highest BCUT2D eigenvalue weighted by Crippen LogP contribution is 2.42. The minimum atomic E-state index is -0.300. The highest BCUT2D eigenvalue weighted by atomic mass is 32.1. The largest absolute Gasteiger partial charge is 0.450 e. The van der Waals surface area contributed by atoms with Crippen LogP contribution in [0.2, 0.25) is 0 Å². The Hall–Kier alpha value is -3.40. The average molecular weight is 620 g/mol. The number of hydrogen-bond acceptors (Lipinski definition) is 7. The van der Waals surface area contributed by atoms with Crippen LogP contribution in [-0.4, -0.2) is 57.6 Å². The van der Waals surface area contributed by atoms with E-state index in [1.165, 1.54) is 25.0 Å². The van der Waals surface area contributed by atoms with Gasteiger partial charge in [-0.25, -0.2) is 24.1 Å². The van der Waals surface area contributed by atoms with Gasteiger partial charge in [0, 0.05) is 42.7 Å². The quantitative estimate of drug-likeness (QED) is 0.266. The molecule has 44 heavy (non-hydrogen) atoms. The fourth-order valence-corrected chi connectivity index (χ4v) is 8.16. The van der Waals surface area contributed by atoms with Crippen LogP contribution in [0.15, 0.2) is 36.5 Å². The van der Waals surface area contributed by atoms with Crippen molar-refractivity contribution >= 4 is 29.3 Å². The molecule has 1 saturated heterocycles. The van der Waals surface area contributed by atoms with Gasteiger partial charge in [-0.1, -0.05) is 38.5 Å². The number of thiazole rings is 1. The molecule has 0 spiro atoms. The molecule has 2 saturated carbocycles. The lowest BCUT2D eigenvalue weighted by molar-refractivity contribution is -0.124. The molecule has 6 rings (SSSR count). The summed E-state index contributed by atoms with van der Waals surface area (Å²) in [6.45, 7) is 3.40. The number of nitrogens with zero attached hydrogens (tertiary/aromatic N) is 5. The molecule has 3 aliphatic rings. The number of rotatable bonds is 7. The smallest absolute Gasteiger partial charge is 0.409 e. The molecule has 3 aromatic rings. The molecule has 0 atom stereocenters. The number of carbonyl (C=O) groups excluding carboxylic acids is 2. The summed E-state index contributed by atoms with van der Waals surface area (Å²) in [6.07, 6.45) is 13.7. The molecule has 234 valence electrons. The molecule has 1 aliphatic heterocycles. The fourth-order valence-electron chi connectivity index (χ4n) is 6.93. The van der Waals surface area contributed by atoms with E-state index < -0.39 is 0 Å². The molecule has 0 unspecified atom stereocenters. The molecular weight excluding hydrogens is 577 g/mol. The van der Waals surface area contributed by atoms with Gasteiger partial charge in [-0.3, -0.25) is 9.69 Å². The second-order valence-electron chi connectivity index (χ2n) is 12.3. The van der Waals surface area contributed by atoms with Crippen molar-refractivity contribution in [2.75, 3.05) is 24.6 Å². The summed E-state index contributed by atoms with van der Waals surface area (Å²) in [4.78, 5) is 45.8. The lowest BCUT2D eigenvalue weighted by Gasteiger charge is -2.36. The lowest BCUT2D eigenvalue weighted by Crippen LogP contribution is -2.46. The van der Waals surface area contributed by atoms with Crippen LogP contribution < -0.4 is 4.90 Å². The van der Waals surface area contributed by atoms with Crippen molar-refractivity contribution in [1.82, 2.24) is 19.9 Å². The van der Waals surface area contributed by atoms with Gasteiger partial charge in [0.25, 0.3) is 0 Å². The topological polar surface area (TPSA) is 88.5 Å². The minimum Gasteiger partial charge on any atom is -0.450 e. The van der Waals surface area contributed by atoms with Crippen molar-refractivity contribution in [3.63, 3.8) is 0 Å². The van der Waals surface area contributed by atoms with Crippen LogP contribution in [0.3, 0.4) is 0 Å². The molecule has 1 aromatic carbocycles. The Balaban J connectivity index is 1.34. The third-order valence-corrected chi connectivity index (χ3v) is 10.6. The molecule has 0 radical (unpaired) electrons. The standard InChI is InChI=1S/C34H42FN5O3S/c1-2-43-34(42)39-21-18-24(19-22-39)31-38-29(23-13-15-26(35)16-14-23)30(44-31)28-17-20-36-33(37-28)40(27-11-7-4-8-12-27)32(41)25-9-5-3-6-10-25/h13-17,20,24-25,27H,2-12,18-19,21-22H2,1H3. The zero-order valence-corrected chi connectivity index (χ0v) is 26.4. The van der Waals surface area contributed by atoms with E-state index in [9.17, 15) is 14.0 Å². The SMILES string of the molecule is CCOC(=O)N1CCC(c2nc(-c3ccc(F)cc3)c(-c3ccnc(N(C(=O)C4CCCCC4)C4CCCCC4)n3)s2)CC1. The van der Waals surface area contributed by atoms with Gasteiger partial charge in [0.2, 0.25) is 11.9 Å². The molecule has 2 aliphatic carbocycles. The highest BCUT2D eigenvalue weighted by molar-refractivity contribution is 7.15. The molecular formula is C34H42FN5O3S. The van der Waals surface area contributed by atoms with E-state index in [0.717, 1.165) is 91.0 Å². The van der Waals surface area contributed by atoms with Gasteiger partial charge in [0.1, 0.15) is 5.82 Å². The summed E-state index contributed by atoms with van der Waals surface area (Å²) < 4.78 is 19.1. The van der Waals surface area contributed by atoms with Gasteiger partial charge in [0.15, 0.2) is 0 Å². The summed E-state index contributed by atoms with van der Waals surface area (Å²) in [5.41, 5.74) is 2.29. The molecule has 0 N–H and O–H groups in total. The second-order valence-corrected chi connectivity index (χ2v) is 13.3. The van der Waals surface area contributed by atoms with Crippen LogP contribution in [0.1, 0.15) is 94.9 Å². The van der Waals surface area contributed by atoms with Gasteiger partial charge >= 0.3 is 6.09 Å². The maximum absolute atomic E-state index is 14.1. The first-order valence-electron chi connectivity index (χ1n) is 16.4. The summed E-state index contributed by atoms with van der Waals surface area (Å²) >= 11 is 1.60. The van der Waals surface area contributed by atoms with E-state index in [2.05, 4.69) is 4.98 Å². The van der Waals surface area contributed by atoms with E-state index in [-0.39, 0.29) is 35.7 Å². The predicted octanol–water partition coefficient (Wildman–Crippen LogP) is 7.99. The summed E-state index contributed by atoms with van der Waals surface area (Å²) in [5.74, 6) is 0.569. The van der Waals surface area contributed by atoms with E-state index in [1.807, 2.05) is 17.9 Å². The van der Waals surface area contributed by atoms with Crippen molar-refractivity contribution in [1.29, 1.82) is 0 Å². The Morgan fingerprint density at radius 1 is 0.932 bits per heavy atom. The van der Waals surface area contributed by atoms with E-state index in [4.69, 9.17) is 14.7 Å². The first-order chi connectivity index (χ1) is 21.5. The molecule has 3 fully saturated rings. The number of amides is 2. The monoisotopic (exact) mass is 619 g/mol. The number of likely N-dealkylation sites (tertiary alicyclic amines) is 1. The highest BCUT2D eigenvalue weighted by Gasteiger charge is 2.35. The third kappa shape index (κ3) is 6.80. The molecule has 10 heteroatoms. The average Bonchev–Trinajstić information content (AvgIpc) is 3.52. The van der Waals surface area contributed by atoms with Crippen LogP contribution in [0.25, 0.3) is 21.8 Å². The summed E-state index contributed by atoms with van der Waals surface area (Å²) in [5, 5.41) is 0.977. The first-order valence-corrected chi connectivity index (χ1v) is 17.2. The number of benzene rings is 1. The van der Waals surface area contributed by atoms with Crippen LogP contribution in [0.5, 0.6) is 0 Å². The van der Waals surface area contributed by atoms with Crippen molar-refractivity contribution in [3.05, 3.63) is 47.4 Å². The van der Waals surface area contributed by atoms with Crippen LogP contribution >= 0.6 is 11.3 Å². The van der Waals surface area contributed by atoms with Crippen LogP contribution in [0, 0.1) is 11.7 Å². The zero-order chi connectivity index (χ0) is 30.5. The number of carbonyl (C=O) groups is 2. The van der Waals surface area contributed by atoms with E-state index in [1.54, 1.807) is 34.6 Å². The Morgan fingerprint density at radius 3 is 2.30 bits per heavy atom. The van der Waals surface area contributed by atoms with Crippen molar-refractivity contribution < 1.29 is 18.7 Å². The fraction of sp³-hybridized carbons (Fsp3) is 0.559. The van der Waals surface area contributed by atoms with Gasteiger partial charge in [0.05, 0.1) is 27.9 Å². The normalized spacial score (nSPS) is 18.7. The van der Waals surface area contributed by atoms with Gasteiger partial charge in [-0.2, -0.15) is 0 Å². The third-order valence-electron chi connectivity index (χ3n) is 9.35. The minimum absolute atomic E-state index is 0.0307. The number of ether oxygens (including phenoxy) is 1. The maximum Gasteiger partial charge on any atom is 0.409 e. The second kappa shape index (κ2) is 14.1. The number of hydrogen-bond donors (Lipinski definition) is 0. The summed E-state index contributed by atoms with van der Waals surface area (Å²) in [7, 11) is 0. The molecule has 8 nitrogen and oxygen atoms in total. The summed E-state index contributed by atoms with van der Waals surface area (Å²) in [6, 6.07) is 8.42. The molecule has 0 bridgehead atoms. The van der Waals surface area contributed by atoms with Crippen LogP contribution in [-0.2, 0) is 9.53 Å². The molecule has 2 aromatic heterocycles. The van der Waals surface area contributed by atoms with Gasteiger partial charge < -0.3 is 9.64 Å².